The van der Waals surface area contributed by atoms with Crippen molar-refractivity contribution >= 4 is 27.7 Å². The molecule has 3 aromatic heterocycles. The highest BCUT2D eigenvalue weighted by atomic mass is 79.9. The van der Waals surface area contributed by atoms with Crippen molar-refractivity contribution in [3.05, 3.63) is 51.3 Å². The molecule has 2 N–H and O–H groups in total. The normalized spacial score (nSPS) is 11.3. The molecule has 0 aliphatic carbocycles. The summed E-state index contributed by atoms with van der Waals surface area (Å²) in [4.78, 5) is 14.3. The average Bonchev–Trinajstić information content (AvgIpc) is 3.26. The van der Waals surface area contributed by atoms with Crippen molar-refractivity contribution in [2.24, 2.45) is 0 Å². The zero-order valence-corrected chi connectivity index (χ0v) is 16.7. The quantitative estimate of drug-likeness (QED) is 0.639. The molecule has 0 saturated carbocycles. The minimum Gasteiger partial charge on any atom is -0.454 e. The fourth-order valence-corrected chi connectivity index (χ4v) is 2.87. The number of rotatable bonds is 6. The maximum atomic E-state index is 12.3. The molecule has 1 amide bonds. The number of hydrogen-bond donors (Lipinski definition) is 2. The summed E-state index contributed by atoms with van der Waals surface area (Å²) in [6.45, 7) is 5.08. The number of aromatic amines is 1. The summed E-state index contributed by atoms with van der Waals surface area (Å²) in [6, 6.07) is 5.23. The van der Waals surface area contributed by atoms with E-state index in [9.17, 15) is 4.79 Å². The summed E-state index contributed by atoms with van der Waals surface area (Å²) in [5, 5.41) is 14.2. The second kappa shape index (κ2) is 7.46. The van der Waals surface area contributed by atoms with Gasteiger partial charge < -0.3 is 14.6 Å². The number of amides is 1. The highest BCUT2D eigenvalue weighted by molar-refractivity contribution is 9.10. The van der Waals surface area contributed by atoms with Gasteiger partial charge in [0.2, 0.25) is 0 Å². The summed E-state index contributed by atoms with van der Waals surface area (Å²) < 4.78 is 8.48. The molecule has 0 radical (unpaired) electrons. The first-order valence-electron chi connectivity index (χ1n) is 8.12. The number of aryl methyl sites for hydroxylation is 1. The van der Waals surface area contributed by atoms with Crippen molar-refractivity contribution in [2.75, 3.05) is 19.4 Å². The minimum atomic E-state index is -0.339. The highest BCUT2D eigenvalue weighted by Crippen LogP contribution is 2.21. The molecular formula is C17H21BrN6O2. The van der Waals surface area contributed by atoms with Crippen LogP contribution in [0.1, 0.15) is 33.4 Å². The molecule has 0 aromatic carbocycles. The Bertz CT molecular complexity index is 924. The van der Waals surface area contributed by atoms with Crippen molar-refractivity contribution in [1.82, 2.24) is 24.9 Å². The van der Waals surface area contributed by atoms with Gasteiger partial charge in [-0.05, 0) is 56.0 Å². The lowest BCUT2D eigenvalue weighted by atomic mass is 10.3. The van der Waals surface area contributed by atoms with Crippen LogP contribution < -0.4 is 5.32 Å². The number of H-pyrrole nitrogens is 1. The Balaban J connectivity index is 1.66. The standard InChI is InChI=1S/C17H21BrN6O2/c1-10-16(18)11(2)24(22-10)9-13-5-6-14(26-13)17(25)19-15-7-12(20-21-15)8-23(3)4/h5-7H,8-9H2,1-4H3,(H2,19,20,21,25). The number of furan rings is 1. The van der Waals surface area contributed by atoms with E-state index in [-0.39, 0.29) is 11.7 Å². The molecule has 0 unspecified atom stereocenters. The van der Waals surface area contributed by atoms with E-state index in [1.165, 1.54) is 0 Å². The number of hydrogen-bond acceptors (Lipinski definition) is 5. The van der Waals surface area contributed by atoms with E-state index in [1.807, 2.05) is 37.5 Å². The monoisotopic (exact) mass is 420 g/mol. The second-order valence-electron chi connectivity index (χ2n) is 6.38. The zero-order valence-electron chi connectivity index (χ0n) is 15.1. The number of carbonyl (C=O) groups is 1. The Labute approximate surface area is 159 Å². The van der Waals surface area contributed by atoms with Gasteiger partial charge in [0.25, 0.3) is 5.91 Å². The predicted molar refractivity (Wildman–Crippen MR) is 101 cm³/mol. The first kappa shape index (κ1) is 18.4. The summed E-state index contributed by atoms with van der Waals surface area (Å²) in [7, 11) is 3.93. The van der Waals surface area contributed by atoms with Crippen molar-refractivity contribution in [3.8, 4) is 0 Å². The van der Waals surface area contributed by atoms with E-state index in [0.29, 0.717) is 24.7 Å². The third kappa shape index (κ3) is 4.05. The Morgan fingerprint density at radius 2 is 2.15 bits per heavy atom. The van der Waals surface area contributed by atoms with Crippen LogP contribution >= 0.6 is 15.9 Å². The molecule has 26 heavy (non-hydrogen) atoms. The molecule has 8 nitrogen and oxygen atoms in total. The maximum Gasteiger partial charge on any atom is 0.292 e. The summed E-state index contributed by atoms with van der Waals surface area (Å²) in [6.07, 6.45) is 0. The Morgan fingerprint density at radius 1 is 1.38 bits per heavy atom. The molecule has 0 aliphatic rings. The van der Waals surface area contributed by atoms with Crippen molar-refractivity contribution in [1.29, 1.82) is 0 Å². The minimum absolute atomic E-state index is 0.234. The van der Waals surface area contributed by atoms with Gasteiger partial charge in [0.15, 0.2) is 11.6 Å². The molecule has 138 valence electrons. The van der Waals surface area contributed by atoms with Crippen LogP contribution in [0.5, 0.6) is 0 Å². The van der Waals surface area contributed by atoms with Crippen LogP contribution in [0.15, 0.2) is 27.1 Å². The van der Waals surface area contributed by atoms with Gasteiger partial charge >= 0.3 is 0 Å². The second-order valence-corrected chi connectivity index (χ2v) is 7.17. The van der Waals surface area contributed by atoms with Gasteiger partial charge in [0, 0.05) is 12.6 Å². The van der Waals surface area contributed by atoms with E-state index < -0.39 is 0 Å². The van der Waals surface area contributed by atoms with Crippen LogP contribution in [-0.2, 0) is 13.1 Å². The fourth-order valence-electron chi connectivity index (χ4n) is 2.59. The van der Waals surface area contributed by atoms with E-state index in [2.05, 4.69) is 36.5 Å². The molecule has 0 spiro atoms. The lowest BCUT2D eigenvalue weighted by Crippen LogP contribution is -2.11. The molecule has 0 fully saturated rings. The molecule has 3 aromatic rings. The Kier molecular flexibility index (Phi) is 5.28. The van der Waals surface area contributed by atoms with Crippen molar-refractivity contribution in [2.45, 2.75) is 26.9 Å². The molecule has 0 bridgehead atoms. The molecular weight excluding hydrogens is 400 g/mol. The smallest absolute Gasteiger partial charge is 0.292 e. The van der Waals surface area contributed by atoms with Crippen LogP contribution in [0, 0.1) is 13.8 Å². The predicted octanol–water partition coefficient (Wildman–Crippen LogP) is 2.94. The first-order chi connectivity index (χ1) is 12.3. The van der Waals surface area contributed by atoms with Gasteiger partial charge in [0.05, 0.1) is 28.1 Å². The van der Waals surface area contributed by atoms with E-state index in [1.54, 1.807) is 18.2 Å². The van der Waals surface area contributed by atoms with Crippen LogP contribution in [-0.4, -0.2) is 44.9 Å². The SMILES string of the molecule is Cc1nn(Cc2ccc(C(=O)Nc3cc(CN(C)C)[nH]n3)o2)c(C)c1Br. The summed E-state index contributed by atoms with van der Waals surface area (Å²) >= 11 is 3.50. The number of nitrogens with zero attached hydrogens (tertiary/aromatic N) is 4. The summed E-state index contributed by atoms with van der Waals surface area (Å²) in [5.74, 6) is 1.02. The van der Waals surface area contributed by atoms with Gasteiger partial charge in [-0.15, -0.1) is 0 Å². The number of anilines is 1. The maximum absolute atomic E-state index is 12.3. The van der Waals surface area contributed by atoms with E-state index in [4.69, 9.17) is 4.42 Å². The lowest BCUT2D eigenvalue weighted by molar-refractivity contribution is 0.0994. The molecule has 0 saturated heterocycles. The van der Waals surface area contributed by atoms with E-state index in [0.717, 1.165) is 21.6 Å². The van der Waals surface area contributed by atoms with Crippen molar-refractivity contribution < 1.29 is 9.21 Å². The zero-order chi connectivity index (χ0) is 18.8. The number of aromatic nitrogens is 4. The first-order valence-corrected chi connectivity index (χ1v) is 8.91. The largest absolute Gasteiger partial charge is 0.454 e. The van der Waals surface area contributed by atoms with Crippen LogP contribution in [0.3, 0.4) is 0 Å². The van der Waals surface area contributed by atoms with Gasteiger partial charge in [0.1, 0.15) is 5.76 Å². The van der Waals surface area contributed by atoms with E-state index >= 15 is 0 Å². The third-order valence-electron chi connectivity index (χ3n) is 3.84. The number of halogens is 1. The van der Waals surface area contributed by atoms with Crippen LogP contribution in [0.4, 0.5) is 5.82 Å². The Morgan fingerprint density at radius 3 is 2.81 bits per heavy atom. The highest BCUT2D eigenvalue weighted by Gasteiger charge is 2.15. The molecule has 0 aliphatic heterocycles. The number of carbonyl (C=O) groups excluding carboxylic acids is 1. The third-order valence-corrected chi connectivity index (χ3v) is 4.99. The summed E-state index contributed by atoms with van der Waals surface area (Å²) in [5.41, 5.74) is 2.84. The Hall–Kier alpha value is -2.39. The number of nitrogens with one attached hydrogen (secondary N) is 2. The van der Waals surface area contributed by atoms with Gasteiger partial charge in [-0.1, -0.05) is 0 Å². The van der Waals surface area contributed by atoms with Crippen molar-refractivity contribution in [3.63, 3.8) is 0 Å². The van der Waals surface area contributed by atoms with Gasteiger partial charge in [-0.3, -0.25) is 14.6 Å². The average molecular weight is 421 g/mol. The molecule has 3 heterocycles. The molecule has 3 rings (SSSR count). The topological polar surface area (TPSA) is 92.0 Å². The molecule has 9 heteroatoms. The van der Waals surface area contributed by atoms with Gasteiger partial charge in [-0.25, -0.2) is 0 Å². The lowest BCUT2D eigenvalue weighted by Gasteiger charge is -2.05. The van der Waals surface area contributed by atoms with Crippen LogP contribution in [0.2, 0.25) is 0 Å². The van der Waals surface area contributed by atoms with Gasteiger partial charge in [-0.2, -0.15) is 10.2 Å². The fraction of sp³-hybridized carbons (Fsp3) is 0.353. The van der Waals surface area contributed by atoms with Crippen LogP contribution in [0.25, 0.3) is 0 Å². The molecule has 0 atom stereocenters.